The average Bonchev–Trinajstić information content (AvgIpc) is 3.09. The van der Waals surface area contributed by atoms with Gasteiger partial charge in [0.2, 0.25) is 0 Å². The molecule has 22 heavy (non-hydrogen) atoms. The normalized spacial score (nSPS) is 11.1. The van der Waals surface area contributed by atoms with Crippen LogP contribution in [0.15, 0.2) is 60.1 Å². The van der Waals surface area contributed by atoms with Crippen LogP contribution < -0.4 is 5.73 Å². The highest BCUT2D eigenvalue weighted by atomic mass is 32.1. The maximum Gasteiger partial charge on any atom is 0.194 e. The third-order valence-electron chi connectivity index (χ3n) is 3.56. The van der Waals surface area contributed by atoms with E-state index in [2.05, 4.69) is 14.8 Å². The highest BCUT2D eigenvalue weighted by molar-refractivity contribution is 7.15. The molecule has 0 atom stereocenters. The van der Waals surface area contributed by atoms with E-state index in [0.717, 1.165) is 33.2 Å². The van der Waals surface area contributed by atoms with Gasteiger partial charge in [-0.05, 0) is 42.0 Å². The summed E-state index contributed by atoms with van der Waals surface area (Å²) in [6.07, 6.45) is 1.98. The van der Waals surface area contributed by atoms with E-state index < -0.39 is 0 Å². The maximum absolute atomic E-state index is 13.0. The van der Waals surface area contributed by atoms with E-state index in [1.165, 1.54) is 12.1 Å². The lowest BCUT2D eigenvalue weighted by atomic mass is 10.1. The van der Waals surface area contributed by atoms with Gasteiger partial charge in [0.25, 0.3) is 0 Å². The SMILES string of the molecule is Nc1ccc(-c2csc3nc(-c4ccc(F)cc4)cn23)cc1. The van der Waals surface area contributed by atoms with Gasteiger partial charge in [-0.2, -0.15) is 0 Å². The van der Waals surface area contributed by atoms with Crippen molar-refractivity contribution < 1.29 is 4.39 Å². The fourth-order valence-electron chi connectivity index (χ4n) is 2.41. The number of thiazole rings is 1. The van der Waals surface area contributed by atoms with E-state index in [1.54, 1.807) is 23.5 Å². The number of hydrogen-bond acceptors (Lipinski definition) is 3. The first kappa shape index (κ1) is 13.0. The van der Waals surface area contributed by atoms with E-state index in [4.69, 9.17) is 5.73 Å². The van der Waals surface area contributed by atoms with Crippen molar-refractivity contribution in [1.29, 1.82) is 0 Å². The average molecular weight is 309 g/mol. The molecule has 2 aromatic carbocycles. The van der Waals surface area contributed by atoms with Gasteiger partial charge >= 0.3 is 0 Å². The van der Waals surface area contributed by atoms with Gasteiger partial charge in [-0.25, -0.2) is 9.37 Å². The molecule has 0 aliphatic rings. The van der Waals surface area contributed by atoms with Gasteiger partial charge in [0.05, 0.1) is 11.4 Å². The van der Waals surface area contributed by atoms with Gasteiger partial charge in [-0.15, -0.1) is 11.3 Å². The molecule has 3 nitrogen and oxygen atoms in total. The first-order valence-electron chi connectivity index (χ1n) is 6.79. The van der Waals surface area contributed by atoms with Crippen molar-refractivity contribution in [1.82, 2.24) is 9.38 Å². The third-order valence-corrected chi connectivity index (χ3v) is 4.40. The Labute approximate surface area is 130 Å². The maximum atomic E-state index is 13.0. The summed E-state index contributed by atoms with van der Waals surface area (Å²) in [6.45, 7) is 0. The van der Waals surface area contributed by atoms with Crippen molar-refractivity contribution >= 4 is 22.0 Å². The van der Waals surface area contributed by atoms with Crippen LogP contribution in [0.4, 0.5) is 10.1 Å². The number of imidazole rings is 1. The van der Waals surface area contributed by atoms with Crippen LogP contribution in [0.2, 0.25) is 0 Å². The Hall–Kier alpha value is -2.66. The van der Waals surface area contributed by atoms with Gasteiger partial charge in [0.15, 0.2) is 4.96 Å². The van der Waals surface area contributed by atoms with Crippen LogP contribution >= 0.6 is 11.3 Å². The van der Waals surface area contributed by atoms with Crippen LogP contribution in [0.1, 0.15) is 0 Å². The number of benzene rings is 2. The van der Waals surface area contributed by atoms with E-state index in [9.17, 15) is 4.39 Å². The number of hydrogen-bond donors (Lipinski definition) is 1. The number of nitrogen functional groups attached to an aromatic ring is 1. The third kappa shape index (κ3) is 2.16. The van der Waals surface area contributed by atoms with Crippen LogP contribution in [0.5, 0.6) is 0 Å². The standard InChI is InChI=1S/C17H12FN3S/c18-13-5-1-11(2-6-13)15-9-21-16(10-22-17(21)20-15)12-3-7-14(19)8-4-12/h1-10H,19H2. The minimum Gasteiger partial charge on any atom is -0.399 e. The monoisotopic (exact) mass is 309 g/mol. The lowest BCUT2D eigenvalue weighted by Crippen LogP contribution is -1.86. The van der Waals surface area contributed by atoms with Crippen molar-refractivity contribution in [2.45, 2.75) is 0 Å². The molecule has 2 aromatic heterocycles. The fraction of sp³-hybridized carbons (Fsp3) is 0. The molecule has 5 heteroatoms. The van der Waals surface area contributed by atoms with Crippen LogP contribution in [-0.4, -0.2) is 9.38 Å². The zero-order valence-corrected chi connectivity index (χ0v) is 12.3. The highest BCUT2D eigenvalue weighted by Gasteiger charge is 2.11. The Kier molecular flexibility index (Phi) is 2.94. The molecule has 0 spiro atoms. The molecule has 108 valence electrons. The van der Waals surface area contributed by atoms with Crippen molar-refractivity contribution in [3.05, 3.63) is 65.9 Å². The summed E-state index contributed by atoms with van der Waals surface area (Å²) >= 11 is 1.58. The van der Waals surface area contributed by atoms with Crippen molar-refractivity contribution in [3.8, 4) is 22.5 Å². The quantitative estimate of drug-likeness (QED) is 0.556. The topological polar surface area (TPSA) is 43.3 Å². The van der Waals surface area contributed by atoms with Crippen LogP contribution in [0.25, 0.3) is 27.5 Å². The molecule has 0 aliphatic heterocycles. The molecule has 2 N–H and O–H groups in total. The number of halogens is 1. The predicted molar refractivity (Wildman–Crippen MR) is 88.3 cm³/mol. The Morgan fingerprint density at radius 3 is 2.36 bits per heavy atom. The lowest BCUT2D eigenvalue weighted by molar-refractivity contribution is 0.628. The van der Waals surface area contributed by atoms with Crippen LogP contribution in [0.3, 0.4) is 0 Å². The Bertz CT molecular complexity index is 936. The van der Waals surface area contributed by atoms with Gasteiger partial charge in [-0.3, -0.25) is 4.40 Å². The van der Waals surface area contributed by atoms with Crippen molar-refractivity contribution in [3.63, 3.8) is 0 Å². The summed E-state index contributed by atoms with van der Waals surface area (Å²) in [5.74, 6) is -0.243. The minimum absolute atomic E-state index is 0.243. The highest BCUT2D eigenvalue weighted by Crippen LogP contribution is 2.29. The molecule has 2 heterocycles. The number of aromatic nitrogens is 2. The molecule has 0 fully saturated rings. The second-order valence-corrected chi connectivity index (χ2v) is 5.87. The second-order valence-electron chi connectivity index (χ2n) is 5.03. The summed E-state index contributed by atoms with van der Waals surface area (Å²) in [5, 5.41) is 2.07. The minimum atomic E-state index is -0.243. The number of nitrogens with zero attached hydrogens (tertiary/aromatic N) is 2. The Morgan fingerprint density at radius 2 is 1.64 bits per heavy atom. The number of fused-ring (bicyclic) bond motifs is 1. The predicted octanol–water partition coefficient (Wildman–Crippen LogP) is 4.45. The van der Waals surface area contributed by atoms with E-state index in [1.807, 2.05) is 30.5 Å². The van der Waals surface area contributed by atoms with Gasteiger partial charge in [0.1, 0.15) is 5.82 Å². The van der Waals surface area contributed by atoms with Gasteiger partial charge < -0.3 is 5.73 Å². The number of rotatable bonds is 2. The van der Waals surface area contributed by atoms with E-state index in [0.29, 0.717) is 0 Å². The molecule has 4 rings (SSSR count). The second kappa shape index (κ2) is 4.96. The zero-order valence-electron chi connectivity index (χ0n) is 11.5. The molecule has 0 amide bonds. The van der Waals surface area contributed by atoms with Gasteiger partial charge in [-0.1, -0.05) is 12.1 Å². The molecule has 0 saturated carbocycles. The number of nitrogens with two attached hydrogens (primary N) is 1. The molecular formula is C17H12FN3S. The van der Waals surface area contributed by atoms with Crippen LogP contribution in [-0.2, 0) is 0 Å². The summed E-state index contributed by atoms with van der Waals surface area (Å²) in [7, 11) is 0. The van der Waals surface area contributed by atoms with E-state index >= 15 is 0 Å². The zero-order chi connectivity index (χ0) is 15.1. The number of anilines is 1. The van der Waals surface area contributed by atoms with Crippen LogP contribution in [0, 0.1) is 5.82 Å². The molecule has 0 aliphatic carbocycles. The smallest absolute Gasteiger partial charge is 0.194 e. The molecule has 0 bridgehead atoms. The fourth-order valence-corrected chi connectivity index (χ4v) is 3.29. The Morgan fingerprint density at radius 1 is 0.955 bits per heavy atom. The first-order chi connectivity index (χ1) is 10.7. The molecule has 4 aromatic rings. The summed E-state index contributed by atoms with van der Waals surface area (Å²) in [5.41, 5.74) is 10.4. The molecule has 0 radical (unpaired) electrons. The lowest BCUT2D eigenvalue weighted by Gasteiger charge is -2.00. The van der Waals surface area contributed by atoms with Gasteiger partial charge in [0, 0.05) is 22.8 Å². The summed E-state index contributed by atoms with van der Waals surface area (Å²) in [4.78, 5) is 5.52. The first-order valence-corrected chi connectivity index (χ1v) is 7.67. The molecule has 0 unspecified atom stereocenters. The molecule has 0 saturated heterocycles. The van der Waals surface area contributed by atoms with Crippen molar-refractivity contribution in [2.24, 2.45) is 0 Å². The summed E-state index contributed by atoms with van der Waals surface area (Å²) < 4.78 is 15.1. The Balaban J connectivity index is 1.82. The largest absolute Gasteiger partial charge is 0.399 e. The van der Waals surface area contributed by atoms with Crippen molar-refractivity contribution in [2.75, 3.05) is 5.73 Å². The van der Waals surface area contributed by atoms with E-state index in [-0.39, 0.29) is 5.82 Å². The summed E-state index contributed by atoms with van der Waals surface area (Å²) in [6, 6.07) is 14.1. The molecular weight excluding hydrogens is 297 g/mol.